The van der Waals surface area contributed by atoms with Gasteiger partial charge in [-0.05, 0) is 45.5 Å². The second kappa shape index (κ2) is 9.37. The van der Waals surface area contributed by atoms with Crippen molar-refractivity contribution in [2.45, 2.75) is 39.4 Å². The van der Waals surface area contributed by atoms with Crippen LogP contribution in [-0.2, 0) is 22.7 Å². The molecule has 2 aromatic rings. The summed E-state index contributed by atoms with van der Waals surface area (Å²) in [5, 5.41) is 2.91. The van der Waals surface area contributed by atoms with Crippen LogP contribution in [0.15, 0.2) is 53.1 Å². The van der Waals surface area contributed by atoms with Gasteiger partial charge >= 0.3 is 0 Å². The summed E-state index contributed by atoms with van der Waals surface area (Å²) in [6, 6.07) is 13.5. The van der Waals surface area contributed by atoms with Gasteiger partial charge in [0.2, 0.25) is 11.8 Å². The molecule has 146 valence electrons. The first-order valence-electron chi connectivity index (χ1n) is 9.06. The van der Waals surface area contributed by atoms with Gasteiger partial charge in [0.05, 0.1) is 25.9 Å². The fraction of sp³-hybridized carbons (Fsp3) is 0.429. The number of amides is 2. The van der Waals surface area contributed by atoms with Gasteiger partial charge in [0, 0.05) is 12.1 Å². The first-order chi connectivity index (χ1) is 12.7. The maximum Gasteiger partial charge on any atom is 0.237 e. The maximum atomic E-state index is 12.9. The molecule has 6 heteroatoms. The van der Waals surface area contributed by atoms with Gasteiger partial charge < -0.3 is 14.6 Å². The molecular weight excluding hydrogens is 342 g/mol. The van der Waals surface area contributed by atoms with Crippen molar-refractivity contribution in [1.82, 2.24) is 15.1 Å². The first-order valence-corrected chi connectivity index (χ1v) is 9.06. The molecule has 1 heterocycles. The Morgan fingerprint density at radius 2 is 1.70 bits per heavy atom. The smallest absolute Gasteiger partial charge is 0.237 e. The fourth-order valence-electron chi connectivity index (χ4n) is 2.72. The molecule has 0 aliphatic heterocycles. The fourth-order valence-corrected chi connectivity index (χ4v) is 2.72. The lowest BCUT2D eigenvalue weighted by atomic mass is 10.1. The summed E-state index contributed by atoms with van der Waals surface area (Å²) in [6.07, 6.45) is 1.60. The Kier molecular flexibility index (Phi) is 7.19. The van der Waals surface area contributed by atoms with Gasteiger partial charge in [-0.25, -0.2) is 0 Å². The maximum absolute atomic E-state index is 12.9. The van der Waals surface area contributed by atoms with E-state index in [0.717, 1.165) is 11.3 Å². The molecule has 2 amide bonds. The third kappa shape index (κ3) is 7.66. The predicted octanol–water partition coefficient (Wildman–Crippen LogP) is 2.65. The molecule has 0 aliphatic rings. The number of benzene rings is 1. The van der Waals surface area contributed by atoms with Crippen molar-refractivity contribution in [3.63, 3.8) is 0 Å². The van der Waals surface area contributed by atoms with Crippen molar-refractivity contribution in [2.75, 3.05) is 20.1 Å². The summed E-state index contributed by atoms with van der Waals surface area (Å²) in [5.41, 5.74) is 0.756. The van der Waals surface area contributed by atoms with Gasteiger partial charge in [-0.1, -0.05) is 30.3 Å². The molecule has 0 saturated carbocycles. The van der Waals surface area contributed by atoms with E-state index in [1.165, 1.54) is 0 Å². The molecule has 27 heavy (non-hydrogen) atoms. The third-order valence-corrected chi connectivity index (χ3v) is 3.83. The highest BCUT2D eigenvalue weighted by Gasteiger charge is 2.20. The van der Waals surface area contributed by atoms with E-state index in [-0.39, 0.29) is 30.4 Å². The lowest BCUT2D eigenvalue weighted by Gasteiger charge is -2.26. The highest BCUT2D eigenvalue weighted by molar-refractivity contribution is 5.81. The highest BCUT2D eigenvalue weighted by atomic mass is 16.3. The standard InChI is InChI=1S/C21H29N3O3/c1-21(2,3)22-19(25)15-23(4)16-20(26)24(14-18-11-8-12-27-18)13-17-9-6-5-7-10-17/h5-12H,13-16H2,1-4H3,(H,22,25). The number of carbonyl (C=O) groups is 2. The lowest BCUT2D eigenvalue weighted by Crippen LogP contribution is -2.47. The van der Waals surface area contributed by atoms with E-state index in [2.05, 4.69) is 5.32 Å². The van der Waals surface area contributed by atoms with E-state index in [0.29, 0.717) is 13.1 Å². The zero-order valence-electron chi connectivity index (χ0n) is 16.6. The molecule has 0 aliphatic carbocycles. The van der Waals surface area contributed by atoms with Crippen LogP contribution >= 0.6 is 0 Å². The van der Waals surface area contributed by atoms with Crippen molar-refractivity contribution in [1.29, 1.82) is 0 Å². The van der Waals surface area contributed by atoms with Crippen molar-refractivity contribution >= 4 is 11.8 Å². The SMILES string of the molecule is CN(CC(=O)NC(C)(C)C)CC(=O)N(Cc1ccccc1)Cc1ccco1. The van der Waals surface area contributed by atoms with Crippen LogP contribution in [0.2, 0.25) is 0 Å². The molecule has 0 bridgehead atoms. The molecule has 1 aromatic carbocycles. The number of nitrogens with zero attached hydrogens (tertiary/aromatic N) is 2. The molecule has 1 aromatic heterocycles. The number of carbonyl (C=O) groups excluding carboxylic acids is 2. The van der Waals surface area contributed by atoms with E-state index >= 15 is 0 Å². The summed E-state index contributed by atoms with van der Waals surface area (Å²) in [7, 11) is 1.77. The quantitative estimate of drug-likeness (QED) is 0.775. The number of hydrogen-bond acceptors (Lipinski definition) is 4. The molecular formula is C21H29N3O3. The monoisotopic (exact) mass is 371 g/mol. The third-order valence-electron chi connectivity index (χ3n) is 3.83. The van der Waals surface area contributed by atoms with Crippen LogP contribution in [0.1, 0.15) is 32.1 Å². The van der Waals surface area contributed by atoms with Crippen LogP contribution in [0, 0.1) is 0 Å². The second-order valence-corrected chi connectivity index (χ2v) is 7.79. The van der Waals surface area contributed by atoms with Crippen molar-refractivity contribution in [3.05, 3.63) is 60.1 Å². The van der Waals surface area contributed by atoms with Crippen LogP contribution in [0.5, 0.6) is 0 Å². The number of likely N-dealkylation sites (N-methyl/N-ethyl adjacent to an activating group) is 1. The minimum Gasteiger partial charge on any atom is -0.467 e. The van der Waals surface area contributed by atoms with E-state index in [1.54, 1.807) is 23.1 Å². The van der Waals surface area contributed by atoms with Crippen molar-refractivity contribution in [2.24, 2.45) is 0 Å². The van der Waals surface area contributed by atoms with Crippen LogP contribution in [-0.4, -0.2) is 47.3 Å². The van der Waals surface area contributed by atoms with Gasteiger partial charge in [-0.15, -0.1) is 0 Å². The number of hydrogen-bond donors (Lipinski definition) is 1. The first kappa shape index (κ1) is 20.7. The van der Waals surface area contributed by atoms with Crippen molar-refractivity contribution in [3.8, 4) is 0 Å². The van der Waals surface area contributed by atoms with Crippen LogP contribution in [0.4, 0.5) is 0 Å². The Hall–Kier alpha value is -2.60. The molecule has 0 unspecified atom stereocenters. The number of rotatable bonds is 8. The predicted molar refractivity (Wildman–Crippen MR) is 105 cm³/mol. The second-order valence-electron chi connectivity index (χ2n) is 7.79. The molecule has 0 atom stereocenters. The van der Waals surface area contributed by atoms with Crippen molar-refractivity contribution < 1.29 is 14.0 Å². The largest absolute Gasteiger partial charge is 0.467 e. The van der Waals surface area contributed by atoms with E-state index in [1.807, 2.05) is 63.2 Å². The summed E-state index contributed by atoms with van der Waals surface area (Å²) in [6.45, 7) is 7.00. The molecule has 0 saturated heterocycles. The van der Waals surface area contributed by atoms with Crippen LogP contribution in [0.25, 0.3) is 0 Å². The zero-order chi connectivity index (χ0) is 19.9. The van der Waals surface area contributed by atoms with E-state index in [9.17, 15) is 9.59 Å². The topological polar surface area (TPSA) is 65.8 Å². The Morgan fingerprint density at radius 3 is 2.30 bits per heavy atom. The van der Waals surface area contributed by atoms with Gasteiger partial charge in [0.15, 0.2) is 0 Å². The Balaban J connectivity index is 1.98. The van der Waals surface area contributed by atoms with E-state index < -0.39 is 0 Å². The minimum atomic E-state index is -0.291. The molecule has 2 rings (SSSR count). The van der Waals surface area contributed by atoms with Gasteiger partial charge in [0.1, 0.15) is 5.76 Å². The highest BCUT2D eigenvalue weighted by Crippen LogP contribution is 2.11. The molecule has 0 fully saturated rings. The van der Waals surface area contributed by atoms with Crippen LogP contribution < -0.4 is 5.32 Å². The molecule has 6 nitrogen and oxygen atoms in total. The Morgan fingerprint density at radius 1 is 1.00 bits per heavy atom. The molecule has 1 N–H and O–H groups in total. The minimum absolute atomic E-state index is 0.0543. The van der Waals surface area contributed by atoms with Crippen LogP contribution in [0.3, 0.4) is 0 Å². The van der Waals surface area contributed by atoms with Gasteiger partial charge in [-0.2, -0.15) is 0 Å². The number of nitrogens with one attached hydrogen (secondary N) is 1. The lowest BCUT2D eigenvalue weighted by molar-refractivity contribution is -0.134. The van der Waals surface area contributed by atoms with E-state index in [4.69, 9.17) is 4.42 Å². The Labute approximate surface area is 161 Å². The summed E-state index contributed by atoms with van der Waals surface area (Å²) in [4.78, 5) is 28.4. The molecule has 0 radical (unpaired) electrons. The van der Waals surface area contributed by atoms with Gasteiger partial charge in [-0.3, -0.25) is 14.5 Å². The average molecular weight is 371 g/mol. The molecule has 0 spiro atoms. The summed E-state index contributed by atoms with van der Waals surface area (Å²) < 4.78 is 5.40. The number of furan rings is 1. The normalized spacial score (nSPS) is 11.4. The zero-order valence-corrected chi connectivity index (χ0v) is 16.6. The average Bonchev–Trinajstić information content (AvgIpc) is 3.06. The summed E-state index contributed by atoms with van der Waals surface area (Å²) in [5.74, 6) is 0.576. The van der Waals surface area contributed by atoms with Gasteiger partial charge in [0.25, 0.3) is 0 Å². The Bertz CT molecular complexity index is 721. The summed E-state index contributed by atoms with van der Waals surface area (Å²) >= 11 is 0.